The van der Waals surface area contributed by atoms with Crippen LogP contribution in [0.3, 0.4) is 0 Å². The Morgan fingerprint density at radius 1 is 1.11 bits per heavy atom. The van der Waals surface area contributed by atoms with E-state index in [0.717, 1.165) is 6.42 Å². The van der Waals surface area contributed by atoms with Crippen LogP contribution in [0, 0.1) is 0 Å². The number of pyridine rings is 1. The van der Waals surface area contributed by atoms with E-state index < -0.39 is 5.91 Å². The van der Waals surface area contributed by atoms with Gasteiger partial charge in [-0.3, -0.25) is 14.0 Å². The molecule has 0 bridgehead atoms. The highest BCUT2D eigenvalue weighted by molar-refractivity contribution is 6.09. The maximum atomic E-state index is 12.9. The van der Waals surface area contributed by atoms with Crippen molar-refractivity contribution in [2.45, 2.75) is 33.2 Å². The minimum absolute atomic E-state index is 0.0129. The van der Waals surface area contributed by atoms with Gasteiger partial charge in [-0.1, -0.05) is 25.1 Å². The first-order valence-corrected chi connectivity index (χ1v) is 9.36. The predicted molar refractivity (Wildman–Crippen MR) is 108 cm³/mol. The van der Waals surface area contributed by atoms with Crippen molar-refractivity contribution >= 4 is 23.0 Å². The first-order valence-electron chi connectivity index (χ1n) is 9.36. The number of nitrogens with one attached hydrogen (secondary N) is 2. The van der Waals surface area contributed by atoms with Gasteiger partial charge >= 0.3 is 0 Å². The van der Waals surface area contributed by atoms with Crippen molar-refractivity contribution in [1.29, 1.82) is 0 Å². The molecule has 1 aromatic carbocycles. The molecule has 2 amide bonds. The molecular weight excluding hydrogens is 356 g/mol. The summed E-state index contributed by atoms with van der Waals surface area (Å²) in [5.74, 6) is 0.0403. The van der Waals surface area contributed by atoms with Gasteiger partial charge in [-0.2, -0.15) is 0 Å². The molecule has 0 radical (unpaired) electrons. The maximum absolute atomic E-state index is 12.9. The van der Waals surface area contributed by atoms with Gasteiger partial charge in [0, 0.05) is 12.2 Å². The molecule has 0 aliphatic carbocycles. The van der Waals surface area contributed by atoms with Crippen LogP contribution in [-0.2, 0) is 0 Å². The molecule has 0 saturated heterocycles. The zero-order valence-electron chi connectivity index (χ0n) is 16.2. The molecule has 28 heavy (non-hydrogen) atoms. The Morgan fingerprint density at radius 3 is 2.61 bits per heavy atom. The van der Waals surface area contributed by atoms with Crippen LogP contribution < -0.4 is 15.4 Å². The van der Waals surface area contributed by atoms with Gasteiger partial charge in [0.1, 0.15) is 5.75 Å². The lowest BCUT2D eigenvalue weighted by Crippen LogP contribution is -2.33. The summed E-state index contributed by atoms with van der Waals surface area (Å²) in [6.07, 6.45) is 2.52. The van der Waals surface area contributed by atoms with Crippen molar-refractivity contribution in [2.24, 2.45) is 0 Å². The number of anilines is 1. The Kier molecular flexibility index (Phi) is 5.93. The van der Waals surface area contributed by atoms with Crippen LogP contribution in [0.2, 0.25) is 0 Å². The molecule has 2 N–H and O–H groups in total. The third-order valence-electron chi connectivity index (χ3n) is 4.39. The highest BCUT2D eigenvalue weighted by Crippen LogP contribution is 2.25. The second-order valence-corrected chi connectivity index (χ2v) is 6.41. The van der Waals surface area contributed by atoms with E-state index in [2.05, 4.69) is 15.6 Å². The predicted octanol–water partition coefficient (Wildman–Crippen LogP) is 3.51. The average Bonchev–Trinajstić information content (AvgIpc) is 3.09. The van der Waals surface area contributed by atoms with E-state index in [4.69, 9.17) is 4.74 Å². The molecule has 0 fully saturated rings. The van der Waals surface area contributed by atoms with Gasteiger partial charge in [0.15, 0.2) is 5.69 Å². The van der Waals surface area contributed by atoms with Crippen LogP contribution in [0.5, 0.6) is 5.75 Å². The molecule has 7 heteroatoms. The summed E-state index contributed by atoms with van der Waals surface area (Å²) in [5, 5.41) is 5.73. The van der Waals surface area contributed by atoms with Gasteiger partial charge in [0.2, 0.25) is 5.82 Å². The lowest BCUT2D eigenvalue weighted by atomic mass is 10.2. The second-order valence-electron chi connectivity index (χ2n) is 6.41. The van der Waals surface area contributed by atoms with Gasteiger partial charge in [0.05, 0.1) is 17.8 Å². The fraction of sp³-hybridized carbons (Fsp3) is 0.286. The van der Waals surface area contributed by atoms with Crippen LogP contribution in [-0.4, -0.2) is 33.8 Å². The largest absolute Gasteiger partial charge is 0.492 e. The first-order chi connectivity index (χ1) is 13.5. The Hall–Kier alpha value is -3.35. The quantitative estimate of drug-likeness (QED) is 0.657. The molecule has 3 aromatic rings. The zero-order valence-corrected chi connectivity index (χ0v) is 16.2. The lowest BCUT2D eigenvalue weighted by molar-refractivity contribution is 0.0928. The molecule has 0 aliphatic heterocycles. The number of ether oxygens (including phenoxy) is 1. The van der Waals surface area contributed by atoms with Crippen molar-refractivity contribution in [3.8, 4) is 5.75 Å². The standard InChI is InChI=1S/C21H24N4O3/c1-4-14(3)22-21(27)19-24-18(16-11-8-9-13-25(16)19)20(26)23-15-10-6-7-12-17(15)28-5-2/h6-14H,4-5H2,1-3H3,(H,22,27)(H,23,26). The molecule has 0 spiro atoms. The van der Waals surface area contributed by atoms with Crippen LogP contribution in [0.1, 0.15) is 48.3 Å². The number of carbonyl (C=O) groups excluding carboxylic acids is 2. The van der Waals surface area contributed by atoms with E-state index in [0.29, 0.717) is 23.6 Å². The number of benzene rings is 1. The van der Waals surface area contributed by atoms with Gasteiger partial charge in [-0.05, 0) is 44.5 Å². The van der Waals surface area contributed by atoms with E-state index in [1.807, 2.05) is 32.9 Å². The smallest absolute Gasteiger partial charge is 0.287 e. The number of hydrogen-bond acceptors (Lipinski definition) is 4. The summed E-state index contributed by atoms with van der Waals surface area (Å²) in [6.45, 7) is 6.28. The van der Waals surface area contributed by atoms with Crippen molar-refractivity contribution in [1.82, 2.24) is 14.7 Å². The zero-order chi connectivity index (χ0) is 20.1. The average molecular weight is 380 g/mol. The molecule has 1 atom stereocenters. The monoisotopic (exact) mass is 380 g/mol. The molecule has 2 heterocycles. The van der Waals surface area contributed by atoms with E-state index in [-0.39, 0.29) is 23.5 Å². The van der Waals surface area contributed by atoms with E-state index in [9.17, 15) is 9.59 Å². The van der Waals surface area contributed by atoms with Crippen molar-refractivity contribution in [3.63, 3.8) is 0 Å². The Morgan fingerprint density at radius 2 is 1.86 bits per heavy atom. The van der Waals surface area contributed by atoms with Gasteiger partial charge in [0.25, 0.3) is 11.8 Å². The van der Waals surface area contributed by atoms with Crippen molar-refractivity contribution in [2.75, 3.05) is 11.9 Å². The van der Waals surface area contributed by atoms with E-state index >= 15 is 0 Å². The Balaban J connectivity index is 1.95. The normalized spacial score (nSPS) is 11.8. The molecule has 1 unspecified atom stereocenters. The fourth-order valence-corrected chi connectivity index (χ4v) is 2.79. The molecule has 7 nitrogen and oxygen atoms in total. The highest BCUT2D eigenvalue weighted by Gasteiger charge is 2.22. The number of carbonyl (C=O) groups is 2. The van der Waals surface area contributed by atoms with Gasteiger partial charge in [-0.25, -0.2) is 4.98 Å². The number of imidazole rings is 1. The van der Waals surface area contributed by atoms with Crippen LogP contribution in [0.4, 0.5) is 5.69 Å². The third-order valence-corrected chi connectivity index (χ3v) is 4.39. The number of aromatic nitrogens is 2. The van der Waals surface area contributed by atoms with Crippen LogP contribution >= 0.6 is 0 Å². The topological polar surface area (TPSA) is 84.7 Å². The summed E-state index contributed by atoms with van der Waals surface area (Å²) in [7, 11) is 0. The fourth-order valence-electron chi connectivity index (χ4n) is 2.79. The van der Waals surface area contributed by atoms with E-state index in [1.165, 1.54) is 0 Å². The number of hydrogen-bond donors (Lipinski definition) is 2. The molecule has 0 saturated carbocycles. The summed E-state index contributed by atoms with van der Waals surface area (Å²) in [5.41, 5.74) is 1.29. The number of amides is 2. The molecule has 2 aromatic heterocycles. The summed E-state index contributed by atoms with van der Waals surface area (Å²) >= 11 is 0. The lowest BCUT2D eigenvalue weighted by Gasteiger charge is -2.10. The maximum Gasteiger partial charge on any atom is 0.287 e. The molecular formula is C21H24N4O3. The molecule has 146 valence electrons. The Labute approximate surface area is 163 Å². The second kappa shape index (κ2) is 8.56. The highest BCUT2D eigenvalue weighted by atomic mass is 16.5. The first kappa shape index (κ1) is 19.4. The molecule has 3 rings (SSSR count). The minimum atomic E-state index is -0.404. The minimum Gasteiger partial charge on any atom is -0.492 e. The SMILES string of the molecule is CCOc1ccccc1NC(=O)c1nc(C(=O)NC(C)CC)n2ccccc12. The van der Waals surface area contributed by atoms with Crippen LogP contribution in [0.15, 0.2) is 48.7 Å². The number of fused-ring (bicyclic) bond motifs is 1. The summed E-state index contributed by atoms with van der Waals surface area (Å²) in [6, 6.07) is 12.6. The molecule has 0 aliphatic rings. The van der Waals surface area contributed by atoms with Crippen LogP contribution in [0.25, 0.3) is 5.52 Å². The van der Waals surface area contributed by atoms with E-state index in [1.54, 1.807) is 40.9 Å². The third kappa shape index (κ3) is 3.98. The number of nitrogens with zero attached hydrogens (tertiary/aromatic N) is 2. The Bertz CT molecular complexity index is 996. The van der Waals surface area contributed by atoms with Gasteiger partial charge in [-0.15, -0.1) is 0 Å². The van der Waals surface area contributed by atoms with Gasteiger partial charge < -0.3 is 15.4 Å². The number of rotatable bonds is 7. The van der Waals surface area contributed by atoms with Crippen molar-refractivity contribution in [3.05, 3.63) is 60.2 Å². The summed E-state index contributed by atoms with van der Waals surface area (Å²) < 4.78 is 7.18. The summed E-state index contributed by atoms with van der Waals surface area (Å²) in [4.78, 5) is 29.9. The number of para-hydroxylation sites is 2. The van der Waals surface area contributed by atoms with Crippen molar-refractivity contribution < 1.29 is 14.3 Å².